The number of phenolic OH excluding ortho intramolecular Hbond substituents is 1. The van der Waals surface area contributed by atoms with Crippen LogP contribution in [0.15, 0.2) is 36.5 Å². The molecule has 0 bridgehead atoms. The van der Waals surface area contributed by atoms with Crippen LogP contribution in [0.2, 0.25) is 0 Å². The lowest BCUT2D eigenvalue weighted by molar-refractivity contribution is 0.0532. The summed E-state index contributed by atoms with van der Waals surface area (Å²) in [6.45, 7) is 2.03. The number of esters is 1. The number of rotatable bonds is 3. The average molecular weight is 317 g/mol. The Bertz CT molecular complexity index is 860. The number of halogens is 1. The van der Waals surface area contributed by atoms with Crippen LogP contribution in [0.1, 0.15) is 16.6 Å². The highest BCUT2D eigenvalue weighted by Gasteiger charge is 2.15. The van der Waals surface area contributed by atoms with Gasteiger partial charge in [0.2, 0.25) is 0 Å². The van der Waals surface area contributed by atoms with Crippen LogP contribution in [-0.2, 0) is 4.74 Å². The minimum Gasteiger partial charge on any atom is -0.507 e. The van der Waals surface area contributed by atoms with Crippen molar-refractivity contribution in [1.29, 1.82) is 0 Å². The first-order valence-corrected chi connectivity index (χ1v) is 7.46. The van der Waals surface area contributed by atoms with Gasteiger partial charge >= 0.3 is 5.97 Å². The summed E-state index contributed by atoms with van der Waals surface area (Å²) in [6, 6.07) is 7.75. The summed E-state index contributed by atoms with van der Waals surface area (Å²) in [5, 5.41) is 11.3. The van der Waals surface area contributed by atoms with E-state index in [-0.39, 0.29) is 11.1 Å². The Kier molecular flexibility index (Phi) is 3.77. The Balaban J connectivity index is 2.06. The van der Waals surface area contributed by atoms with Gasteiger partial charge in [0.25, 0.3) is 0 Å². The molecule has 0 aliphatic carbocycles. The maximum absolute atomic E-state index is 13.7. The Hall–Kier alpha value is -2.47. The highest BCUT2D eigenvalue weighted by molar-refractivity contribution is 7.16. The predicted octanol–water partition coefficient (Wildman–Crippen LogP) is 3.98. The first-order valence-electron chi connectivity index (χ1n) is 6.64. The largest absolute Gasteiger partial charge is 0.507 e. The molecule has 0 atom stereocenters. The molecule has 0 aliphatic rings. The Morgan fingerprint density at radius 1 is 1.41 bits per heavy atom. The topological polar surface area (TPSA) is 59.4 Å². The SMILES string of the molecule is CCOC(=O)c1cnc(-c2cc(O)c3c(F)cccc3c2)s1. The molecule has 3 rings (SSSR count). The van der Waals surface area contributed by atoms with Crippen LogP contribution in [0.25, 0.3) is 21.3 Å². The zero-order valence-electron chi connectivity index (χ0n) is 11.7. The zero-order chi connectivity index (χ0) is 15.7. The molecule has 0 spiro atoms. The summed E-state index contributed by atoms with van der Waals surface area (Å²) >= 11 is 1.16. The maximum Gasteiger partial charge on any atom is 0.349 e. The van der Waals surface area contributed by atoms with E-state index < -0.39 is 11.8 Å². The van der Waals surface area contributed by atoms with E-state index in [0.29, 0.717) is 27.4 Å². The lowest BCUT2D eigenvalue weighted by atomic mass is 10.1. The van der Waals surface area contributed by atoms with E-state index in [1.165, 1.54) is 18.3 Å². The normalized spacial score (nSPS) is 10.8. The number of phenols is 1. The molecule has 22 heavy (non-hydrogen) atoms. The number of thiazole rings is 1. The van der Waals surface area contributed by atoms with Crippen molar-refractivity contribution < 1.29 is 19.0 Å². The quantitative estimate of drug-likeness (QED) is 0.742. The predicted molar refractivity (Wildman–Crippen MR) is 82.6 cm³/mol. The van der Waals surface area contributed by atoms with Crippen molar-refractivity contribution in [2.45, 2.75) is 6.92 Å². The third-order valence-electron chi connectivity index (χ3n) is 3.13. The number of aromatic hydroxyl groups is 1. The van der Waals surface area contributed by atoms with Crippen LogP contribution >= 0.6 is 11.3 Å². The van der Waals surface area contributed by atoms with Gasteiger partial charge in [0.05, 0.1) is 18.2 Å². The molecule has 0 fully saturated rings. The number of benzene rings is 2. The van der Waals surface area contributed by atoms with Crippen molar-refractivity contribution in [3.63, 3.8) is 0 Å². The fraction of sp³-hybridized carbons (Fsp3) is 0.125. The first kappa shape index (κ1) is 14.5. The third-order valence-corrected chi connectivity index (χ3v) is 4.16. The fourth-order valence-electron chi connectivity index (χ4n) is 2.19. The highest BCUT2D eigenvalue weighted by Crippen LogP contribution is 2.35. The molecular weight excluding hydrogens is 305 g/mol. The van der Waals surface area contributed by atoms with Crippen LogP contribution < -0.4 is 0 Å². The molecular formula is C16H12FNO3S. The summed E-state index contributed by atoms with van der Waals surface area (Å²) in [6.07, 6.45) is 1.44. The van der Waals surface area contributed by atoms with Gasteiger partial charge < -0.3 is 9.84 Å². The van der Waals surface area contributed by atoms with E-state index in [0.717, 1.165) is 11.3 Å². The monoisotopic (exact) mass is 317 g/mol. The van der Waals surface area contributed by atoms with Crippen molar-refractivity contribution in [1.82, 2.24) is 4.98 Å². The molecule has 0 amide bonds. The molecule has 4 nitrogen and oxygen atoms in total. The average Bonchev–Trinajstić information content (AvgIpc) is 2.97. The van der Waals surface area contributed by atoms with E-state index in [9.17, 15) is 14.3 Å². The van der Waals surface area contributed by atoms with Crippen LogP contribution in [-0.4, -0.2) is 22.7 Å². The number of fused-ring (bicyclic) bond motifs is 1. The van der Waals surface area contributed by atoms with Gasteiger partial charge in [-0.2, -0.15) is 0 Å². The van der Waals surface area contributed by atoms with E-state index in [4.69, 9.17) is 4.74 Å². The molecule has 1 heterocycles. The number of nitrogens with zero attached hydrogens (tertiary/aromatic N) is 1. The van der Waals surface area contributed by atoms with Crippen LogP contribution in [0.5, 0.6) is 5.75 Å². The summed E-state index contributed by atoms with van der Waals surface area (Å²) in [7, 11) is 0. The maximum atomic E-state index is 13.7. The summed E-state index contributed by atoms with van der Waals surface area (Å²) in [5.74, 6) is -1.06. The molecule has 0 radical (unpaired) electrons. The molecule has 0 aliphatic heterocycles. The molecule has 2 aromatic carbocycles. The lowest BCUT2D eigenvalue weighted by Gasteiger charge is -2.05. The summed E-state index contributed by atoms with van der Waals surface area (Å²) < 4.78 is 18.7. The molecule has 0 saturated carbocycles. The molecule has 3 aromatic rings. The van der Waals surface area contributed by atoms with Crippen LogP contribution in [0, 0.1) is 5.82 Å². The Morgan fingerprint density at radius 2 is 2.23 bits per heavy atom. The van der Waals surface area contributed by atoms with Gasteiger partial charge in [-0.3, -0.25) is 0 Å². The number of hydrogen-bond donors (Lipinski definition) is 1. The highest BCUT2D eigenvalue weighted by atomic mass is 32.1. The second-order valence-corrected chi connectivity index (χ2v) is 5.61. The van der Waals surface area contributed by atoms with Gasteiger partial charge in [-0.05, 0) is 30.5 Å². The van der Waals surface area contributed by atoms with Crippen LogP contribution in [0.4, 0.5) is 4.39 Å². The summed E-state index contributed by atoms with van der Waals surface area (Å²) in [4.78, 5) is 16.2. The number of carbonyl (C=O) groups is 1. The van der Waals surface area contributed by atoms with Gasteiger partial charge in [-0.25, -0.2) is 14.2 Å². The first-order chi connectivity index (χ1) is 10.6. The van der Waals surface area contributed by atoms with E-state index in [1.807, 2.05) is 0 Å². The van der Waals surface area contributed by atoms with Gasteiger partial charge in [0, 0.05) is 5.56 Å². The number of carbonyl (C=O) groups excluding carboxylic acids is 1. The van der Waals surface area contributed by atoms with E-state index >= 15 is 0 Å². The molecule has 0 saturated heterocycles. The second-order valence-electron chi connectivity index (χ2n) is 4.58. The second kappa shape index (κ2) is 5.73. The smallest absolute Gasteiger partial charge is 0.349 e. The van der Waals surface area contributed by atoms with E-state index in [2.05, 4.69) is 4.98 Å². The molecule has 0 unspecified atom stereocenters. The molecule has 112 valence electrons. The number of aromatic nitrogens is 1. The Labute approximate surface area is 129 Å². The van der Waals surface area contributed by atoms with Crippen molar-refractivity contribution >= 4 is 28.1 Å². The fourth-order valence-corrected chi connectivity index (χ4v) is 2.98. The zero-order valence-corrected chi connectivity index (χ0v) is 12.5. The van der Waals surface area contributed by atoms with Crippen LogP contribution in [0.3, 0.4) is 0 Å². The Morgan fingerprint density at radius 3 is 3.00 bits per heavy atom. The molecule has 1 aromatic heterocycles. The van der Waals surface area contributed by atoms with Gasteiger partial charge in [-0.1, -0.05) is 12.1 Å². The van der Waals surface area contributed by atoms with Crippen molar-refractivity contribution in [2.75, 3.05) is 6.61 Å². The molecule has 1 N–H and O–H groups in total. The third kappa shape index (κ3) is 2.53. The lowest BCUT2D eigenvalue weighted by Crippen LogP contribution is -2.01. The van der Waals surface area contributed by atoms with Crippen molar-refractivity contribution in [3.05, 3.63) is 47.2 Å². The summed E-state index contributed by atoms with van der Waals surface area (Å²) in [5.41, 5.74) is 0.621. The number of hydrogen-bond acceptors (Lipinski definition) is 5. The van der Waals surface area contributed by atoms with E-state index in [1.54, 1.807) is 25.1 Å². The standard InChI is InChI=1S/C16H12FNO3S/c1-2-21-16(20)13-8-18-15(22-13)10-6-9-4-3-5-11(17)14(9)12(19)7-10/h3-8,19H,2H2,1H3. The number of ether oxygens (including phenoxy) is 1. The van der Waals surface area contributed by atoms with Crippen molar-refractivity contribution in [2.24, 2.45) is 0 Å². The minimum absolute atomic E-state index is 0.154. The van der Waals surface area contributed by atoms with Gasteiger partial charge in [0.15, 0.2) is 0 Å². The van der Waals surface area contributed by atoms with Gasteiger partial charge in [0.1, 0.15) is 21.5 Å². The van der Waals surface area contributed by atoms with Gasteiger partial charge in [-0.15, -0.1) is 11.3 Å². The minimum atomic E-state index is -0.479. The van der Waals surface area contributed by atoms with Crippen molar-refractivity contribution in [3.8, 4) is 16.3 Å². The molecule has 6 heteroatoms.